The molecular formula is C18H25N3S. The fraction of sp³-hybridized carbons (Fsp3) is 0.611. The molecule has 22 heavy (non-hydrogen) atoms. The van der Waals surface area contributed by atoms with Gasteiger partial charge in [-0.15, -0.1) is 11.3 Å². The second-order valence-electron chi connectivity index (χ2n) is 7.23. The number of aromatic nitrogens is 3. The van der Waals surface area contributed by atoms with Crippen molar-refractivity contribution >= 4 is 11.3 Å². The lowest BCUT2D eigenvalue weighted by molar-refractivity contribution is 0.312. The van der Waals surface area contributed by atoms with Gasteiger partial charge in [0.2, 0.25) is 0 Å². The summed E-state index contributed by atoms with van der Waals surface area (Å²) < 4.78 is 0. The van der Waals surface area contributed by atoms with E-state index >= 15 is 0 Å². The zero-order chi connectivity index (χ0) is 15.6. The van der Waals surface area contributed by atoms with Crippen molar-refractivity contribution in [1.82, 2.24) is 15.0 Å². The Labute approximate surface area is 137 Å². The van der Waals surface area contributed by atoms with Gasteiger partial charge < -0.3 is 0 Å². The summed E-state index contributed by atoms with van der Waals surface area (Å²) in [6, 6.07) is 2.11. The molecule has 0 spiro atoms. The molecule has 2 heterocycles. The van der Waals surface area contributed by atoms with Crippen molar-refractivity contribution in [3.8, 4) is 10.7 Å². The summed E-state index contributed by atoms with van der Waals surface area (Å²) in [5, 5.41) is 3.23. The van der Waals surface area contributed by atoms with Gasteiger partial charge in [0.1, 0.15) is 17.0 Å². The maximum absolute atomic E-state index is 4.79. The van der Waals surface area contributed by atoms with Crippen molar-refractivity contribution in [2.24, 2.45) is 11.3 Å². The summed E-state index contributed by atoms with van der Waals surface area (Å²) >= 11 is 1.71. The van der Waals surface area contributed by atoms with E-state index in [0.29, 0.717) is 0 Å². The minimum atomic E-state index is 0.282. The van der Waals surface area contributed by atoms with Crippen molar-refractivity contribution in [1.29, 1.82) is 0 Å². The lowest BCUT2D eigenvalue weighted by Gasteiger charge is -2.24. The van der Waals surface area contributed by atoms with E-state index in [4.69, 9.17) is 4.98 Å². The summed E-state index contributed by atoms with van der Waals surface area (Å²) in [6.07, 6.45) is 9.09. The molecule has 0 aliphatic heterocycles. The fourth-order valence-electron chi connectivity index (χ4n) is 2.74. The van der Waals surface area contributed by atoms with Gasteiger partial charge in [0.15, 0.2) is 0 Å². The Bertz CT molecular complexity index is 629. The zero-order valence-corrected chi connectivity index (χ0v) is 14.6. The van der Waals surface area contributed by atoms with Crippen LogP contribution in [0.5, 0.6) is 0 Å². The molecule has 3 rings (SSSR count). The standard InChI is InChI=1S/C18H25N3S/c1-4-18(2,3)10-14-9-16(20-12-19-14)17-21-15(11-22-17)8-13-6-5-7-13/h9,11-13H,4-8,10H2,1-3H3. The van der Waals surface area contributed by atoms with Crippen LogP contribution in [0, 0.1) is 11.3 Å². The van der Waals surface area contributed by atoms with Crippen LogP contribution in [0.4, 0.5) is 0 Å². The Morgan fingerprint density at radius 2 is 2.05 bits per heavy atom. The molecule has 3 nitrogen and oxygen atoms in total. The van der Waals surface area contributed by atoms with Gasteiger partial charge in [0, 0.05) is 11.1 Å². The highest BCUT2D eigenvalue weighted by Crippen LogP contribution is 2.32. The van der Waals surface area contributed by atoms with Gasteiger partial charge >= 0.3 is 0 Å². The van der Waals surface area contributed by atoms with Crippen molar-refractivity contribution in [3.05, 3.63) is 29.2 Å². The molecule has 0 bridgehead atoms. The Kier molecular flexibility index (Phi) is 4.57. The monoisotopic (exact) mass is 315 g/mol. The van der Waals surface area contributed by atoms with Crippen molar-refractivity contribution < 1.29 is 0 Å². The van der Waals surface area contributed by atoms with Gasteiger partial charge in [0.25, 0.3) is 0 Å². The Morgan fingerprint density at radius 3 is 2.73 bits per heavy atom. The van der Waals surface area contributed by atoms with Crippen LogP contribution in [-0.2, 0) is 12.8 Å². The van der Waals surface area contributed by atoms with E-state index in [1.54, 1.807) is 17.7 Å². The number of thiazole rings is 1. The molecular weight excluding hydrogens is 290 g/mol. The number of rotatable bonds is 6. The maximum Gasteiger partial charge on any atom is 0.142 e. The summed E-state index contributed by atoms with van der Waals surface area (Å²) in [6.45, 7) is 6.81. The molecule has 1 saturated carbocycles. The van der Waals surface area contributed by atoms with Gasteiger partial charge in [0.05, 0.1) is 5.69 Å². The zero-order valence-electron chi connectivity index (χ0n) is 13.8. The SMILES string of the molecule is CCC(C)(C)Cc1cc(-c2nc(CC3CCC3)cs2)ncn1. The third-order valence-electron chi connectivity index (χ3n) is 4.83. The highest BCUT2D eigenvalue weighted by atomic mass is 32.1. The Hall–Kier alpha value is -1.29. The number of nitrogens with zero attached hydrogens (tertiary/aromatic N) is 3. The molecule has 1 aliphatic carbocycles. The molecule has 1 fully saturated rings. The maximum atomic E-state index is 4.79. The van der Waals surface area contributed by atoms with Crippen LogP contribution >= 0.6 is 11.3 Å². The Balaban J connectivity index is 1.74. The summed E-state index contributed by atoms with van der Waals surface area (Å²) in [4.78, 5) is 13.7. The normalized spacial score (nSPS) is 15.8. The van der Waals surface area contributed by atoms with Crippen LogP contribution in [0.2, 0.25) is 0 Å². The second-order valence-corrected chi connectivity index (χ2v) is 8.09. The van der Waals surface area contributed by atoms with Crippen LogP contribution in [0.25, 0.3) is 10.7 Å². The first-order valence-electron chi connectivity index (χ1n) is 8.31. The largest absolute Gasteiger partial charge is 0.241 e. The van der Waals surface area contributed by atoms with Crippen LogP contribution in [0.3, 0.4) is 0 Å². The number of hydrogen-bond donors (Lipinski definition) is 0. The van der Waals surface area contributed by atoms with Crippen LogP contribution in [0.15, 0.2) is 17.8 Å². The van der Waals surface area contributed by atoms with Crippen molar-refractivity contribution in [3.63, 3.8) is 0 Å². The third kappa shape index (κ3) is 3.72. The van der Waals surface area contributed by atoms with Gasteiger partial charge in [-0.2, -0.15) is 0 Å². The molecule has 1 aliphatic rings. The van der Waals surface area contributed by atoms with Gasteiger partial charge in [-0.1, -0.05) is 46.5 Å². The summed E-state index contributed by atoms with van der Waals surface area (Å²) in [5.41, 5.74) is 3.61. The van der Waals surface area contributed by atoms with Crippen LogP contribution < -0.4 is 0 Å². The first-order valence-corrected chi connectivity index (χ1v) is 9.19. The van der Waals surface area contributed by atoms with E-state index in [1.807, 2.05) is 0 Å². The van der Waals surface area contributed by atoms with E-state index < -0.39 is 0 Å². The minimum Gasteiger partial charge on any atom is -0.241 e. The average Bonchev–Trinajstić information content (AvgIpc) is 2.91. The molecule has 0 radical (unpaired) electrons. The van der Waals surface area contributed by atoms with Gasteiger partial charge in [-0.3, -0.25) is 0 Å². The smallest absolute Gasteiger partial charge is 0.142 e. The molecule has 4 heteroatoms. The van der Waals surface area contributed by atoms with Crippen molar-refractivity contribution in [2.45, 2.75) is 59.3 Å². The summed E-state index contributed by atoms with van der Waals surface area (Å²) in [7, 11) is 0. The predicted molar refractivity (Wildman–Crippen MR) is 92.0 cm³/mol. The molecule has 0 atom stereocenters. The summed E-state index contributed by atoms with van der Waals surface area (Å²) in [5.74, 6) is 0.862. The van der Waals surface area contributed by atoms with Crippen LogP contribution in [0.1, 0.15) is 57.8 Å². The van der Waals surface area contributed by atoms with Crippen molar-refractivity contribution in [2.75, 3.05) is 0 Å². The predicted octanol–water partition coefficient (Wildman–Crippen LogP) is 4.92. The molecule has 2 aromatic rings. The molecule has 0 N–H and O–H groups in total. The lowest BCUT2D eigenvalue weighted by atomic mass is 9.82. The highest BCUT2D eigenvalue weighted by molar-refractivity contribution is 7.13. The van der Waals surface area contributed by atoms with Crippen LogP contribution in [-0.4, -0.2) is 15.0 Å². The van der Waals surface area contributed by atoms with E-state index in [0.717, 1.165) is 41.6 Å². The van der Waals surface area contributed by atoms with E-state index in [1.165, 1.54) is 25.0 Å². The topological polar surface area (TPSA) is 38.7 Å². The van der Waals surface area contributed by atoms with E-state index in [2.05, 4.69) is 42.2 Å². The average molecular weight is 315 g/mol. The molecule has 118 valence electrons. The molecule has 0 aromatic carbocycles. The molecule has 0 unspecified atom stereocenters. The van der Waals surface area contributed by atoms with Gasteiger partial charge in [-0.25, -0.2) is 15.0 Å². The fourth-order valence-corrected chi connectivity index (χ4v) is 3.54. The minimum absolute atomic E-state index is 0.282. The third-order valence-corrected chi connectivity index (χ3v) is 5.75. The Morgan fingerprint density at radius 1 is 1.23 bits per heavy atom. The highest BCUT2D eigenvalue weighted by Gasteiger charge is 2.20. The first kappa shape index (κ1) is 15.6. The molecule has 2 aromatic heterocycles. The second kappa shape index (κ2) is 6.45. The van der Waals surface area contributed by atoms with Gasteiger partial charge in [-0.05, 0) is 30.2 Å². The molecule has 0 amide bonds. The van der Waals surface area contributed by atoms with E-state index in [9.17, 15) is 0 Å². The lowest BCUT2D eigenvalue weighted by Crippen LogP contribution is -2.14. The van der Waals surface area contributed by atoms with E-state index in [-0.39, 0.29) is 5.41 Å². The first-order chi connectivity index (χ1) is 10.6. The number of hydrogen-bond acceptors (Lipinski definition) is 4. The molecule has 0 saturated heterocycles. The quantitative estimate of drug-likeness (QED) is 0.759.